The minimum Gasteiger partial charge on any atom is -0.497 e. The quantitative estimate of drug-likeness (QED) is 0.474. The van der Waals surface area contributed by atoms with E-state index in [1.54, 1.807) is 48.4 Å². The van der Waals surface area contributed by atoms with Gasteiger partial charge in [0, 0.05) is 28.8 Å². The lowest BCUT2D eigenvalue weighted by Gasteiger charge is -2.38. The van der Waals surface area contributed by atoms with Crippen molar-refractivity contribution < 1.29 is 28.1 Å². The zero-order valence-corrected chi connectivity index (χ0v) is 20.1. The molecule has 1 amide bonds. The van der Waals surface area contributed by atoms with Gasteiger partial charge < -0.3 is 23.8 Å². The third-order valence-electron chi connectivity index (χ3n) is 6.01. The number of hydrogen-bond donors (Lipinski definition) is 0. The summed E-state index contributed by atoms with van der Waals surface area (Å²) < 4.78 is 36.8. The maximum Gasteiger partial charge on any atom is 0.254 e. The highest BCUT2D eigenvalue weighted by Crippen LogP contribution is 2.44. The van der Waals surface area contributed by atoms with Crippen LogP contribution in [0.15, 0.2) is 48.5 Å². The lowest BCUT2D eigenvalue weighted by Crippen LogP contribution is -2.41. The number of ether oxygens (including phenoxy) is 4. The van der Waals surface area contributed by atoms with E-state index in [-0.39, 0.29) is 16.5 Å². The van der Waals surface area contributed by atoms with Crippen molar-refractivity contribution in [1.82, 2.24) is 4.90 Å². The summed E-state index contributed by atoms with van der Waals surface area (Å²) in [6.45, 7) is 0.343. The maximum atomic E-state index is 15.2. The summed E-state index contributed by atoms with van der Waals surface area (Å²) in [5.74, 6) is 1.20. The van der Waals surface area contributed by atoms with Gasteiger partial charge in [0.2, 0.25) is 0 Å². The summed E-state index contributed by atoms with van der Waals surface area (Å²) in [5, 5.41) is 0.230. The average molecular weight is 486 g/mol. The Morgan fingerprint density at radius 1 is 0.941 bits per heavy atom. The maximum absolute atomic E-state index is 15.2. The summed E-state index contributed by atoms with van der Waals surface area (Å²) in [6, 6.07) is 12.3. The fourth-order valence-corrected chi connectivity index (χ4v) is 4.61. The van der Waals surface area contributed by atoms with Crippen molar-refractivity contribution >= 4 is 17.5 Å². The van der Waals surface area contributed by atoms with E-state index < -0.39 is 11.9 Å². The van der Waals surface area contributed by atoms with Gasteiger partial charge in [-0.3, -0.25) is 4.79 Å². The third kappa shape index (κ3) is 4.23. The van der Waals surface area contributed by atoms with E-state index in [1.807, 2.05) is 6.07 Å². The molecule has 1 atom stereocenters. The molecular weight excluding hydrogens is 461 g/mol. The topological polar surface area (TPSA) is 57.2 Å². The van der Waals surface area contributed by atoms with Crippen molar-refractivity contribution in [3.8, 4) is 23.0 Å². The van der Waals surface area contributed by atoms with Crippen LogP contribution in [-0.4, -0.2) is 45.8 Å². The number of benzene rings is 3. The molecule has 0 saturated heterocycles. The Bertz CT molecular complexity index is 1190. The molecular formula is C26H25ClFNO5. The van der Waals surface area contributed by atoms with Crippen molar-refractivity contribution in [3.63, 3.8) is 0 Å². The number of carbonyl (C=O) groups is 1. The number of nitrogens with zero attached hydrogens (tertiary/aromatic N) is 1. The number of fused-ring (bicyclic) bond motifs is 1. The highest BCUT2D eigenvalue weighted by atomic mass is 35.5. The minimum absolute atomic E-state index is 0.223. The van der Waals surface area contributed by atoms with Crippen molar-refractivity contribution in [2.24, 2.45) is 0 Å². The van der Waals surface area contributed by atoms with Crippen LogP contribution in [0.5, 0.6) is 23.0 Å². The first-order valence-electron chi connectivity index (χ1n) is 10.6. The number of rotatable bonds is 6. The highest BCUT2D eigenvalue weighted by molar-refractivity contribution is 6.31. The summed E-state index contributed by atoms with van der Waals surface area (Å²) in [5.41, 5.74) is 2.23. The third-order valence-corrected chi connectivity index (χ3v) is 6.34. The van der Waals surface area contributed by atoms with Gasteiger partial charge in [0.05, 0.1) is 34.5 Å². The molecule has 0 unspecified atom stereocenters. The molecule has 1 heterocycles. The predicted octanol–water partition coefficient (Wildman–Crippen LogP) is 5.30. The predicted molar refractivity (Wildman–Crippen MR) is 127 cm³/mol. The summed E-state index contributed by atoms with van der Waals surface area (Å²) in [4.78, 5) is 15.4. The number of amides is 1. The Hall–Kier alpha value is -3.45. The van der Waals surface area contributed by atoms with Crippen LogP contribution in [0.1, 0.15) is 33.1 Å². The van der Waals surface area contributed by atoms with Gasteiger partial charge in [-0.1, -0.05) is 17.7 Å². The smallest absolute Gasteiger partial charge is 0.254 e. The molecule has 1 aliphatic heterocycles. The summed E-state index contributed by atoms with van der Waals surface area (Å²) in [6.07, 6.45) is 0.547. The molecule has 0 saturated carbocycles. The van der Waals surface area contributed by atoms with Crippen molar-refractivity contribution in [2.45, 2.75) is 12.5 Å². The first kappa shape index (κ1) is 23.7. The van der Waals surface area contributed by atoms with Crippen LogP contribution < -0.4 is 18.9 Å². The largest absolute Gasteiger partial charge is 0.497 e. The van der Waals surface area contributed by atoms with Crippen LogP contribution >= 0.6 is 11.6 Å². The minimum atomic E-state index is -0.776. The van der Waals surface area contributed by atoms with E-state index >= 15 is 4.39 Å². The van der Waals surface area contributed by atoms with Gasteiger partial charge in [0.15, 0.2) is 11.5 Å². The molecule has 34 heavy (non-hydrogen) atoms. The molecule has 8 heteroatoms. The average Bonchev–Trinajstić information content (AvgIpc) is 2.86. The van der Waals surface area contributed by atoms with Gasteiger partial charge in [0.1, 0.15) is 17.3 Å². The molecule has 0 radical (unpaired) electrons. The lowest BCUT2D eigenvalue weighted by molar-refractivity contribution is 0.0691. The van der Waals surface area contributed by atoms with E-state index in [0.717, 1.165) is 11.1 Å². The molecule has 6 nitrogen and oxygen atoms in total. The van der Waals surface area contributed by atoms with Crippen LogP contribution in [0.4, 0.5) is 4.39 Å². The molecule has 0 bridgehead atoms. The van der Waals surface area contributed by atoms with Crippen molar-refractivity contribution in [2.75, 3.05) is 35.0 Å². The zero-order chi connectivity index (χ0) is 24.4. The van der Waals surface area contributed by atoms with Gasteiger partial charge in [0.25, 0.3) is 5.91 Å². The summed E-state index contributed by atoms with van der Waals surface area (Å²) in [7, 11) is 6.12. The summed E-state index contributed by atoms with van der Waals surface area (Å²) >= 11 is 6.50. The first-order chi connectivity index (χ1) is 16.4. The monoisotopic (exact) mass is 485 g/mol. The normalized spacial score (nSPS) is 14.9. The van der Waals surface area contributed by atoms with E-state index in [0.29, 0.717) is 41.5 Å². The lowest BCUT2D eigenvalue weighted by atomic mass is 9.86. The molecule has 178 valence electrons. The molecule has 0 spiro atoms. The van der Waals surface area contributed by atoms with Crippen LogP contribution in [0.25, 0.3) is 0 Å². The molecule has 0 aromatic heterocycles. The van der Waals surface area contributed by atoms with Crippen LogP contribution in [0, 0.1) is 5.82 Å². The van der Waals surface area contributed by atoms with Crippen LogP contribution in [-0.2, 0) is 6.42 Å². The van der Waals surface area contributed by atoms with E-state index in [4.69, 9.17) is 30.5 Å². The molecule has 0 aliphatic carbocycles. The van der Waals surface area contributed by atoms with E-state index in [1.165, 1.54) is 27.4 Å². The Kier molecular flexibility index (Phi) is 6.84. The number of hydrogen-bond acceptors (Lipinski definition) is 5. The van der Waals surface area contributed by atoms with Gasteiger partial charge in [-0.05, 0) is 53.9 Å². The zero-order valence-electron chi connectivity index (χ0n) is 19.4. The fraction of sp³-hybridized carbons (Fsp3) is 0.269. The second-order valence-corrected chi connectivity index (χ2v) is 8.20. The Morgan fingerprint density at radius 2 is 1.59 bits per heavy atom. The van der Waals surface area contributed by atoms with Gasteiger partial charge in [-0.25, -0.2) is 4.39 Å². The van der Waals surface area contributed by atoms with E-state index in [2.05, 4.69) is 0 Å². The first-order valence-corrected chi connectivity index (χ1v) is 11.0. The van der Waals surface area contributed by atoms with E-state index in [9.17, 15) is 4.79 Å². The molecule has 3 aromatic carbocycles. The van der Waals surface area contributed by atoms with Crippen LogP contribution in [0.2, 0.25) is 5.02 Å². The van der Waals surface area contributed by atoms with Crippen LogP contribution in [0.3, 0.4) is 0 Å². The van der Waals surface area contributed by atoms with Crippen molar-refractivity contribution in [3.05, 3.63) is 81.6 Å². The Balaban J connectivity index is 1.91. The molecule has 4 rings (SSSR count). The molecule has 1 aliphatic rings. The number of methoxy groups -OCH3 is 4. The van der Waals surface area contributed by atoms with Gasteiger partial charge in [-0.2, -0.15) is 0 Å². The Morgan fingerprint density at radius 3 is 2.18 bits per heavy atom. The second-order valence-electron chi connectivity index (χ2n) is 7.79. The Labute approximate surface area is 202 Å². The second kappa shape index (κ2) is 9.81. The number of halogens is 2. The van der Waals surface area contributed by atoms with Crippen molar-refractivity contribution in [1.29, 1.82) is 0 Å². The molecule has 3 aromatic rings. The standard InChI is InChI=1S/C26H25ClFNO5/c1-31-17-10-16(11-18(13-17)32-2)26(30)29-9-8-15-12-22(33-3)23(34-4)14-19(15)25(29)24-20(27)6-5-7-21(24)28/h5-7,10-14,25H,8-9H2,1-4H3/t25-/m0/s1. The number of carbonyl (C=O) groups excluding carboxylic acids is 1. The molecule has 0 fully saturated rings. The fourth-order valence-electron chi connectivity index (χ4n) is 4.34. The van der Waals surface area contributed by atoms with Gasteiger partial charge >= 0.3 is 0 Å². The molecule has 0 N–H and O–H groups in total. The SMILES string of the molecule is COc1cc(OC)cc(C(=O)N2CCc3cc(OC)c(OC)cc3[C@H]2c2c(F)cccc2Cl)c1. The van der Waals surface area contributed by atoms with Gasteiger partial charge in [-0.15, -0.1) is 0 Å². The highest BCUT2D eigenvalue weighted by Gasteiger charge is 2.36.